The van der Waals surface area contributed by atoms with Crippen molar-refractivity contribution in [1.82, 2.24) is 20.9 Å². The van der Waals surface area contributed by atoms with E-state index in [9.17, 15) is 29.4 Å². The topological polar surface area (TPSA) is 213 Å². The minimum Gasteiger partial charge on any atom is -0.480 e. The molecule has 0 aliphatic carbocycles. The van der Waals surface area contributed by atoms with E-state index in [0.29, 0.717) is 19.4 Å². The summed E-state index contributed by atoms with van der Waals surface area (Å²) in [6.45, 7) is 1.60. The van der Waals surface area contributed by atoms with Crippen molar-refractivity contribution >= 4 is 47.2 Å². The molecule has 12 nitrogen and oxygen atoms in total. The molecule has 2 rings (SSSR count). The lowest BCUT2D eigenvalue weighted by molar-refractivity contribution is -0.145. The lowest BCUT2D eigenvalue weighted by atomic mass is 10.0. The van der Waals surface area contributed by atoms with Gasteiger partial charge in [0.15, 0.2) is 6.04 Å². The Morgan fingerprint density at radius 3 is 2.30 bits per heavy atom. The molecule has 0 saturated heterocycles. The number of carbonyl (C=O) groups excluding carboxylic acids is 3. The van der Waals surface area contributed by atoms with Gasteiger partial charge in [0.2, 0.25) is 17.7 Å². The zero-order valence-electron chi connectivity index (χ0n) is 20.6. The number of aliphatic hydroxyl groups is 1. The molecule has 0 aliphatic rings. The molecule has 0 bridgehead atoms. The number of amides is 3. The van der Waals surface area contributed by atoms with Gasteiger partial charge in [-0.1, -0.05) is 18.2 Å². The molecule has 3 amide bonds. The lowest BCUT2D eigenvalue weighted by Crippen LogP contribution is -2.58. The molecule has 13 heteroatoms. The van der Waals surface area contributed by atoms with Crippen molar-refractivity contribution in [1.29, 1.82) is 0 Å². The lowest BCUT2D eigenvalue weighted by Gasteiger charge is -2.25. The summed E-state index contributed by atoms with van der Waals surface area (Å²) in [5, 5.41) is 27.5. The van der Waals surface area contributed by atoms with Gasteiger partial charge in [-0.05, 0) is 44.4 Å². The van der Waals surface area contributed by atoms with E-state index in [2.05, 4.69) is 33.6 Å². The number of hydrogen-bond donors (Lipinski definition) is 9. The molecule has 10 N–H and O–H groups in total. The molecular formula is C24H36N6O6S. The minimum atomic E-state index is -1.56. The standard InChI is InChI=1S/C24H36N6O6S/c1-13(31)20(24(35)36)30-22(33)18(8-4-5-9-25)28-23(34)19(29-21(32)16(26)12-37)10-14-11-27-17-7-3-2-6-15(14)17/h2-3,6-7,11,13,16,18-20,27,31,37H,4-5,8-10,12,25-26H2,1H3,(H,28,34)(H,29,32)(H,30,33)(H,35,36). The largest absolute Gasteiger partial charge is 0.480 e. The highest BCUT2D eigenvalue weighted by Gasteiger charge is 2.32. The first-order valence-electron chi connectivity index (χ1n) is 12.0. The number of fused-ring (bicyclic) bond motifs is 1. The highest BCUT2D eigenvalue weighted by molar-refractivity contribution is 7.80. The van der Waals surface area contributed by atoms with E-state index in [1.54, 1.807) is 6.20 Å². The fraction of sp³-hybridized carbons (Fsp3) is 0.500. The fourth-order valence-electron chi connectivity index (χ4n) is 3.77. The molecule has 37 heavy (non-hydrogen) atoms. The number of hydrogen-bond acceptors (Lipinski definition) is 8. The van der Waals surface area contributed by atoms with Crippen LogP contribution in [0.4, 0.5) is 0 Å². The number of aromatic nitrogens is 1. The number of carbonyl (C=O) groups is 4. The van der Waals surface area contributed by atoms with Crippen molar-refractivity contribution in [3.8, 4) is 0 Å². The van der Waals surface area contributed by atoms with Crippen molar-refractivity contribution < 1.29 is 29.4 Å². The van der Waals surface area contributed by atoms with Crippen LogP contribution in [-0.4, -0.2) is 81.5 Å². The maximum atomic E-state index is 13.4. The van der Waals surface area contributed by atoms with Gasteiger partial charge >= 0.3 is 5.97 Å². The van der Waals surface area contributed by atoms with E-state index in [-0.39, 0.29) is 18.6 Å². The van der Waals surface area contributed by atoms with Gasteiger partial charge in [-0.2, -0.15) is 12.6 Å². The highest BCUT2D eigenvalue weighted by atomic mass is 32.1. The second-order valence-corrected chi connectivity index (χ2v) is 9.19. The average molecular weight is 537 g/mol. The van der Waals surface area contributed by atoms with Crippen LogP contribution in [0.25, 0.3) is 10.9 Å². The smallest absolute Gasteiger partial charge is 0.328 e. The summed E-state index contributed by atoms with van der Waals surface area (Å²) >= 11 is 4.04. The summed E-state index contributed by atoms with van der Waals surface area (Å²) in [5.41, 5.74) is 13.0. The SMILES string of the molecule is CC(O)C(NC(=O)C(CCCCN)NC(=O)C(Cc1c[nH]c2ccccc12)NC(=O)C(N)CS)C(=O)O. The van der Waals surface area contributed by atoms with Crippen LogP contribution in [-0.2, 0) is 25.6 Å². The van der Waals surface area contributed by atoms with Gasteiger partial charge in [-0.15, -0.1) is 0 Å². The van der Waals surface area contributed by atoms with Crippen molar-refractivity contribution in [3.63, 3.8) is 0 Å². The third kappa shape index (κ3) is 8.74. The molecule has 2 aromatic rings. The molecule has 204 valence electrons. The maximum absolute atomic E-state index is 13.4. The number of nitrogens with two attached hydrogens (primary N) is 2. The van der Waals surface area contributed by atoms with E-state index in [4.69, 9.17) is 11.5 Å². The minimum absolute atomic E-state index is 0.0628. The second-order valence-electron chi connectivity index (χ2n) is 8.82. The molecule has 1 aromatic heterocycles. The van der Waals surface area contributed by atoms with Crippen LogP contribution in [0.5, 0.6) is 0 Å². The third-order valence-electron chi connectivity index (χ3n) is 5.89. The van der Waals surface area contributed by atoms with Crippen LogP contribution in [0, 0.1) is 0 Å². The molecule has 5 atom stereocenters. The van der Waals surface area contributed by atoms with Crippen molar-refractivity contribution in [2.24, 2.45) is 11.5 Å². The Morgan fingerprint density at radius 2 is 1.68 bits per heavy atom. The number of benzene rings is 1. The van der Waals surface area contributed by atoms with Crippen LogP contribution in [0.15, 0.2) is 30.5 Å². The van der Waals surface area contributed by atoms with E-state index >= 15 is 0 Å². The van der Waals surface area contributed by atoms with E-state index in [1.807, 2.05) is 24.3 Å². The van der Waals surface area contributed by atoms with Crippen molar-refractivity contribution in [2.75, 3.05) is 12.3 Å². The number of para-hydroxylation sites is 1. The molecule has 0 fully saturated rings. The summed E-state index contributed by atoms with van der Waals surface area (Å²) in [7, 11) is 0. The zero-order chi connectivity index (χ0) is 27.5. The fourth-order valence-corrected chi connectivity index (χ4v) is 3.93. The first kappa shape index (κ1) is 30.1. The van der Waals surface area contributed by atoms with Gasteiger partial charge in [-0.25, -0.2) is 4.79 Å². The Labute approximate surface area is 220 Å². The summed E-state index contributed by atoms with van der Waals surface area (Å²) in [6.07, 6.45) is 1.70. The molecule has 1 heterocycles. The monoisotopic (exact) mass is 536 g/mol. The summed E-state index contributed by atoms with van der Waals surface area (Å²) in [6, 6.07) is 2.75. The number of unbranched alkanes of at least 4 members (excludes halogenated alkanes) is 1. The van der Waals surface area contributed by atoms with Gasteiger partial charge in [0.05, 0.1) is 12.1 Å². The number of carboxylic acid groups (broad SMARTS) is 1. The summed E-state index contributed by atoms with van der Waals surface area (Å²) < 4.78 is 0. The quantitative estimate of drug-likeness (QED) is 0.102. The van der Waals surface area contributed by atoms with Gasteiger partial charge in [0.1, 0.15) is 12.1 Å². The van der Waals surface area contributed by atoms with Crippen LogP contribution in [0.1, 0.15) is 31.7 Å². The van der Waals surface area contributed by atoms with Crippen LogP contribution >= 0.6 is 12.6 Å². The Kier molecular flexibility index (Phi) is 11.9. The van der Waals surface area contributed by atoms with Crippen molar-refractivity contribution in [3.05, 3.63) is 36.0 Å². The Balaban J connectivity index is 2.28. The number of aromatic amines is 1. The summed E-state index contributed by atoms with van der Waals surface area (Å²) in [5.74, 6) is -3.36. The van der Waals surface area contributed by atoms with E-state index in [1.165, 1.54) is 6.92 Å². The molecule has 0 saturated carbocycles. The normalized spacial score (nSPS) is 15.3. The molecule has 5 unspecified atom stereocenters. The number of aliphatic carboxylic acids is 1. The Hall–Kier alpha value is -3.13. The molecular weight excluding hydrogens is 500 g/mol. The number of thiol groups is 1. The highest BCUT2D eigenvalue weighted by Crippen LogP contribution is 2.19. The number of carboxylic acids is 1. The Bertz CT molecular complexity index is 1080. The van der Waals surface area contributed by atoms with Crippen molar-refractivity contribution in [2.45, 2.75) is 62.9 Å². The number of nitrogens with one attached hydrogen (secondary N) is 4. The Morgan fingerprint density at radius 1 is 1.03 bits per heavy atom. The van der Waals surface area contributed by atoms with E-state index in [0.717, 1.165) is 16.5 Å². The molecule has 0 radical (unpaired) electrons. The average Bonchev–Trinajstić information content (AvgIpc) is 3.27. The van der Waals surface area contributed by atoms with Crippen LogP contribution in [0.2, 0.25) is 0 Å². The first-order valence-corrected chi connectivity index (χ1v) is 12.7. The first-order chi connectivity index (χ1) is 17.6. The van der Waals surface area contributed by atoms with Crippen LogP contribution in [0.3, 0.4) is 0 Å². The maximum Gasteiger partial charge on any atom is 0.328 e. The number of rotatable bonds is 15. The molecule has 0 aliphatic heterocycles. The van der Waals surface area contributed by atoms with Gasteiger partial charge in [0, 0.05) is 29.3 Å². The van der Waals surface area contributed by atoms with E-state index < -0.39 is 54.0 Å². The predicted molar refractivity (Wildman–Crippen MR) is 142 cm³/mol. The zero-order valence-corrected chi connectivity index (χ0v) is 21.5. The van der Waals surface area contributed by atoms with Gasteiger partial charge < -0.3 is 42.6 Å². The number of H-pyrrole nitrogens is 1. The number of aliphatic hydroxyl groups excluding tert-OH is 1. The van der Waals surface area contributed by atoms with Gasteiger partial charge in [-0.3, -0.25) is 14.4 Å². The second kappa shape index (κ2) is 14.6. The van der Waals surface area contributed by atoms with Crippen LogP contribution < -0.4 is 27.4 Å². The van der Waals surface area contributed by atoms with Gasteiger partial charge in [0.25, 0.3) is 0 Å². The molecule has 0 spiro atoms. The molecule has 1 aromatic carbocycles. The third-order valence-corrected chi connectivity index (χ3v) is 6.28. The summed E-state index contributed by atoms with van der Waals surface area (Å²) in [4.78, 5) is 53.4. The predicted octanol–water partition coefficient (Wildman–Crippen LogP) is -0.984.